The molecule has 1 rings (SSSR count). The van der Waals surface area contributed by atoms with Gasteiger partial charge in [0.1, 0.15) is 0 Å². The van der Waals surface area contributed by atoms with Gasteiger partial charge in [0.15, 0.2) is 0 Å². The Kier molecular flexibility index (Phi) is 3.24. The summed E-state index contributed by atoms with van der Waals surface area (Å²) in [5.41, 5.74) is -0.0951. The van der Waals surface area contributed by atoms with Crippen LogP contribution in [0.2, 0.25) is 0 Å². The molecule has 1 aliphatic carbocycles. The first-order valence-corrected chi connectivity index (χ1v) is 5.32. The van der Waals surface area contributed by atoms with Crippen LogP contribution in [0.3, 0.4) is 0 Å². The van der Waals surface area contributed by atoms with Crippen LogP contribution in [0.5, 0.6) is 0 Å². The van der Waals surface area contributed by atoms with Crippen molar-refractivity contribution < 1.29 is 10.2 Å². The first-order chi connectivity index (χ1) is 6.29. The van der Waals surface area contributed by atoms with E-state index in [1.807, 2.05) is 13.8 Å². The van der Waals surface area contributed by atoms with Crippen molar-refractivity contribution in [3.8, 4) is 0 Å². The molecule has 1 aliphatic rings. The number of hydrogen-bond acceptors (Lipinski definition) is 3. The molecule has 14 heavy (non-hydrogen) atoms. The molecule has 0 saturated heterocycles. The third-order valence-corrected chi connectivity index (χ3v) is 3.47. The number of nitrogens with one attached hydrogen (secondary N) is 1. The fraction of sp³-hybridized carbons (Fsp3) is 1.00. The van der Waals surface area contributed by atoms with E-state index in [2.05, 4.69) is 19.2 Å². The van der Waals surface area contributed by atoms with E-state index < -0.39 is 0 Å². The zero-order chi connectivity index (χ0) is 11.0. The van der Waals surface area contributed by atoms with Crippen LogP contribution in [0.4, 0.5) is 0 Å². The van der Waals surface area contributed by atoms with Gasteiger partial charge in [-0.2, -0.15) is 0 Å². The lowest BCUT2D eigenvalue weighted by Gasteiger charge is -2.50. The summed E-state index contributed by atoms with van der Waals surface area (Å²) in [5, 5.41) is 22.0. The van der Waals surface area contributed by atoms with E-state index in [-0.39, 0.29) is 23.5 Å². The highest BCUT2D eigenvalue weighted by atomic mass is 16.3. The van der Waals surface area contributed by atoms with Crippen LogP contribution in [-0.4, -0.2) is 35.5 Å². The second kappa shape index (κ2) is 3.80. The molecule has 84 valence electrons. The lowest BCUT2D eigenvalue weighted by molar-refractivity contribution is -0.0754. The van der Waals surface area contributed by atoms with Crippen LogP contribution in [0, 0.1) is 10.8 Å². The highest BCUT2D eigenvalue weighted by Crippen LogP contribution is 2.40. The summed E-state index contributed by atoms with van der Waals surface area (Å²) in [6.07, 6.45) is 0.645. The molecular weight excluding hydrogens is 178 g/mol. The van der Waals surface area contributed by atoms with Gasteiger partial charge in [0.2, 0.25) is 0 Å². The summed E-state index contributed by atoms with van der Waals surface area (Å²) in [5.74, 6) is 0. The molecule has 0 heterocycles. The molecule has 0 aromatic rings. The van der Waals surface area contributed by atoms with Crippen molar-refractivity contribution in [3.63, 3.8) is 0 Å². The second-order valence-corrected chi connectivity index (χ2v) is 5.83. The van der Waals surface area contributed by atoms with E-state index in [1.54, 1.807) is 0 Å². The summed E-state index contributed by atoms with van der Waals surface area (Å²) in [4.78, 5) is 0. The van der Waals surface area contributed by atoms with Gasteiger partial charge in [-0.05, 0) is 6.42 Å². The Hall–Kier alpha value is -0.120. The largest absolute Gasteiger partial charge is 0.396 e. The molecule has 0 aromatic carbocycles. The maximum atomic E-state index is 9.54. The van der Waals surface area contributed by atoms with E-state index in [1.165, 1.54) is 0 Å². The van der Waals surface area contributed by atoms with Crippen LogP contribution >= 0.6 is 0 Å². The summed E-state index contributed by atoms with van der Waals surface area (Å²) in [6, 6.07) is 0.378. The van der Waals surface area contributed by atoms with E-state index in [0.29, 0.717) is 6.04 Å². The van der Waals surface area contributed by atoms with E-state index in [9.17, 15) is 5.11 Å². The molecular formula is C11H23NO2. The Labute approximate surface area is 86.5 Å². The van der Waals surface area contributed by atoms with Crippen molar-refractivity contribution in [3.05, 3.63) is 0 Å². The number of aliphatic hydroxyl groups excluding tert-OH is 2. The third-order valence-electron chi connectivity index (χ3n) is 3.47. The number of rotatable bonds is 4. The summed E-state index contributed by atoms with van der Waals surface area (Å²) < 4.78 is 0. The van der Waals surface area contributed by atoms with Crippen molar-refractivity contribution in [1.82, 2.24) is 5.32 Å². The Balaban J connectivity index is 2.34. The summed E-state index contributed by atoms with van der Waals surface area (Å²) in [6.45, 7) is 9.19. The molecule has 2 unspecified atom stereocenters. The molecule has 0 spiro atoms. The molecule has 0 aromatic heterocycles. The standard InChI is InChI=1S/C11H23NO2/c1-10(2,7-13)6-12-8-5-9(14)11(8,3)4/h8-9,12-14H,5-7H2,1-4H3. The van der Waals surface area contributed by atoms with Gasteiger partial charge in [0.05, 0.1) is 6.10 Å². The maximum absolute atomic E-state index is 9.54. The van der Waals surface area contributed by atoms with Gasteiger partial charge in [0.25, 0.3) is 0 Å². The normalized spacial score (nSPS) is 31.3. The van der Waals surface area contributed by atoms with E-state index >= 15 is 0 Å². The Bertz CT molecular complexity index is 201. The topological polar surface area (TPSA) is 52.5 Å². The van der Waals surface area contributed by atoms with Gasteiger partial charge < -0.3 is 15.5 Å². The fourth-order valence-electron chi connectivity index (χ4n) is 1.70. The lowest BCUT2D eigenvalue weighted by Crippen LogP contribution is -2.61. The maximum Gasteiger partial charge on any atom is 0.0621 e. The molecule has 0 bridgehead atoms. The summed E-state index contributed by atoms with van der Waals surface area (Å²) in [7, 11) is 0. The highest BCUT2D eigenvalue weighted by molar-refractivity contribution is 5.02. The zero-order valence-electron chi connectivity index (χ0n) is 9.67. The monoisotopic (exact) mass is 201 g/mol. The Morgan fingerprint density at radius 1 is 1.43 bits per heavy atom. The quantitative estimate of drug-likeness (QED) is 0.629. The predicted molar refractivity (Wildman–Crippen MR) is 57.1 cm³/mol. The minimum atomic E-state index is -0.183. The number of aliphatic hydroxyl groups is 2. The Morgan fingerprint density at radius 3 is 2.36 bits per heavy atom. The van der Waals surface area contributed by atoms with Gasteiger partial charge in [-0.3, -0.25) is 0 Å². The average molecular weight is 201 g/mol. The van der Waals surface area contributed by atoms with Crippen LogP contribution < -0.4 is 5.32 Å². The van der Waals surface area contributed by atoms with Crippen LogP contribution in [-0.2, 0) is 0 Å². The smallest absolute Gasteiger partial charge is 0.0621 e. The first-order valence-electron chi connectivity index (χ1n) is 5.32. The van der Waals surface area contributed by atoms with Crippen LogP contribution in [0.15, 0.2) is 0 Å². The molecule has 1 fully saturated rings. The minimum absolute atomic E-state index is 0.0223. The molecule has 3 nitrogen and oxygen atoms in total. The van der Waals surface area contributed by atoms with Crippen molar-refractivity contribution in [1.29, 1.82) is 0 Å². The molecule has 3 heteroatoms. The number of hydrogen-bond donors (Lipinski definition) is 3. The van der Waals surface area contributed by atoms with E-state index in [4.69, 9.17) is 5.11 Å². The highest BCUT2D eigenvalue weighted by Gasteiger charge is 2.47. The zero-order valence-corrected chi connectivity index (χ0v) is 9.67. The van der Waals surface area contributed by atoms with E-state index in [0.717, 1.165) is 13.0 Å². The van der Waals surface area contributed by atoms with Crippen molar-refractivity contribution in [2.45, 2.75) is 46.3 Å². The van der Waals surface area contributed by atoms with Gasteiger partial charge in [-0.1, -0.05) is 27.7 Å². The van der Waals surface area contributed by atoms with Gasteiger partial charge >= 0.3 is 0 Å². The molecule has 1 saturated carbocycles. The minimum Gasteiger partial charge on any atom is -0.396 e. The van der Waals surface area contributed by atoms with Gasteiger partial charge in [-0.15, -0.1) is 0 Å². The summed E-state index contributed by atoms with van der Waals surface area (Å²) >= 11 is 0. The third kappa shape index (κ3) is 2.27. The molecule has 3 N–H and O–H groups in total. The molecule has 2 atom stereocenters. The van der Waals surface area contributed by atoms with Crippen molar-refractivity contribution in [2.24, 2.45) is 10.8 Å². The molecule has 0 amide bonds. The second-order valence-electron chi connectivity index (χ2n) is 5.83. The Morgan fingerprint density at radius 2 is 2.00 bits per heavy atom. The van der Waals surface area contributed by atoms with Crippen LogP contribution in [0.25, 0.3) is 0 Å². The SMILES string of the molecule is CC(C)(CO)CNC1CC(O)C1(C)C. The molecule has 0 radical (unpaired) electrons. The average Bonchev–Trinajstić information content (AvgIpc) is 2.12. The van der Waals surface area contributed by atoms with Gasteiger partial charge in [-0.25, -0.2) is 0 Å². The van der Waals surface area contributed by atoms with Crippen molar-refractivity contribution >= 4 is 0 Å². The van der Waals surface area contributed by atoms with Crippen LogP contribution in [0.1, 0.15) is 34.1 Å². The molecule has 0 aliphatic heterocycles. The fourth-order valence-corrected chi connectivity index (χ4v) is 1.70. The predicted octanol–water partition coefficient (Wildman–Crippen LogP) is 0.754. The van der Waals surface area contributed by atoms with Gasteiger partial charge in [0, 0.05) is 30.0 Å². The lowest BCUT2D eigenvalue weighted by atomic mass is 9.64. The first kappa shape index (κ1) is 12.0. The van der Waals surface area contributed by atoms with Crippen molar-refractivity contribution in [2.75, 3.05) is 13.2 Å².